The van der Waals surface area contributed by atoms with Gasteiger partial charge in [-0.1, -0.05) is 26.3 Å². The number of rotatable bonds is 10. The van der Waals surface area contributed by atoms with Gasteiger partial charge < -0.3 is 15.5 Å². The van der Waals surface area contributed by atoms with Crippen molar-refractivity contribution in [3.63, 3.8) is 0 Å². The Balaban J connectivity index is 4.16. The van der Waals surface area contributed by atoms with E-state index in [9.17, 15) is 9.59 Å². The summed E-state index contributed by atoms with van der Waals surface area (Å²) in [6.07, 6.45) is 4.07. The van der Waals surface area contributed by atoms with E-state index in [-0.39, 0.29) is 11.8 Å². The third-order valence-corrected chi connectivity index (χ3v) is 2.37. The summed E-state index contributed by atoms with van der Waals surface area (Å²) in [4.78, 5) is 23.9. The molecule has 0 rings (SSSR count). The normalized spacial score (nSPS) is 9.05. The number of nitrogens with zero attached hydrogens (tertiary/aromatic N) is 1. The summed E-state index contributed by atoms with van der Waals surface area (Å²) in [5.74, 6) is -0.437. The van der Waals surface area contributed by atoms with Crippen LogP contribution in [0.1, 0.15) is 0 Å². The van der Waals surface area contributed by atoms with Gasteiger partial charge in [-0.25, -0.2) is 0 Å². The van der Waals surface area contributed by atoms with Gasteiger partial charge in [-0.15, -0.1) is 0 Å². The van der Waals surface area contributed by atoms with Crippen LogP contribution in [0.15, 0.2) is 50.2 Å². The maximum Gasteiger partial charge on any atom is 0.243 e. The van der Waals surface area contributed by atoms with Crippen LogP contribution < -0.4 is 10.6 Å². The molecule has 0 aromatic heterocycles. The molecule has 0 saturated heterocycles. The Morgan fingerprint density at radius 3 is 1.63 bits per heavy atom. The van der Waals surface area contributed by atoms with Gasteiger partial charge in [0.2, 0.25) is 11.8 Å². The number of carbonyl (C=O) groups excluding carboxylic acids is 2. The Hall–Kier alpha value is -2.30. The lowest BCUT2D eigenvalue weighted by molar-refractivity contribution is -0.117. The van der Waals surface area contributed by atoms with Crippen molar-refractivity contribution in [2.75, 3.05) is 26.2 Å². The average Bonchev–Trinajstić information content (AvgIpc) is 2.44. The van der Waals surface area contributed by atoms with Crippen molar-refractivity contribution in [3.8, 4) is 0 Å². The minimum absolute atomic E-state index is 0.218. The largest absolute Gasteiger partial charge is 0.368 e. The molecule has 0 unspecified atom stereocenters. The van der Waals surface area contributed by atoms with Gasteiger partial charge in [-0.05, 0) is 18.2 Å². The minimum atomic E-state index is -0.218. The Bertz CT molecular complexity index is 349. The van der Waals surface area contributed by atoms with Crippen LogP contribution in [0.4, 0.5) is 0 Å². The molecule has 19 heavy (non-hydrogen) atoms. The molecule has 0 bridgehead atoms. The fourth-order valence-electron chi connectivity index (χ4n) is 1.30. The third-order valence-electron chi connectivity index (χ3n) is 2.37. The van der Waals surface area contributed by atoms with Gasteiger partial charge in [0.1, 0.15) is 0 Å². The zero-order valence-electron chi connectivity index (χ0n) is 11.2. The van der Waals surface area contributed by atoms with E-state index in [0.717, 1.165) is 5.70 Å². The van der Waals surface area contributed by atoms with Crippen LogP contribution in [0.3, 0.4) is 0 Å². The lowest BCUT2D eigenvalue weighted by Gasteiger charge is -2.25. The van der Waals surface area contributed by atoms with Gasteiger partial charge in [0.15, 0.2) is 0 Å². The van der Waals surface area contributed by atoms with E-state index in [0.29, 0.717) is 26.2 Å². The highest BCUT2D eigenvalue weighted by atomic mass is 16.2. The molecule has 2 N–H and O–H groups in total. The molecule has 2 amide bonds. The van der Waals surface area contributed by atoms with Gasteiger partial charge in [0.05, 0.1) is 0 Å². The molecule has 0 heterocycles. The lowest BCUT2D eigenvalue weighted by Crippen LogP contribution is -2.38. The standard InChI is InChI=1S/C14H21N3O2/c1-5-12(4)17(10-8-15-13(18)6-2)11-9-16-14(19)7-3/h5-7H,1-4,8-11H2,(H,15,18)(H,16,19). The zero-order valence-corrected chi connectivity index (χ0v) is 11.2. The number of hydrogen-bond donors (Lipinski definition) is 2. The number of carbonyl (C=O) groups is 2. The molecule has 0 aliphatic carbocycles. The van der Waals surface area contributed by atoms with Gasteiger partial charge >= 0.3 is 0 Å². The topological polar surface area (TPSA) is 61.4 Å². The van der Waals surface area contributed by atoms with E-state index >= 15 is 0 Å². The molecule has 0 aromatic rings. The van der Waals surface area contributed by atoms with Crippen LogP contribution in [0.5, 0.6) is 0 Å². The predicted octanol–water partition coefficient (Wildman–Crippen LogP) is 0.592. The van der Waals surface area contributed by atoms with Gasteiger partial charge in [0.25, 0.3) is 0 Å². The Morgan fingerprint density at radius 1 is 0.895 bits per heavy atom. The first kappa shape index (κ1) is 16.7. The predicted molar refractivity (Wildman–Crippen MR) is 77.3 cm³/mol. The summed E-state index contributed by atoms with van der Waals surface area (Å²) in [5, 5.41) is 5.35. The molecule has 0 radical (unpaired) electrons. The van der Waals surface area contributed by atoms with Gasteiger partial charge in [-0.2, -0.15) is 0 Å². The number of amides is 2. The molecular weight excluding hydrogens is 242 g/mol. The van der Waals surface area contributed by atoms with E-state index in [2.05, 4.69) is 36.9 Å². The Labute approximate surface area is 114 Å². The summed E-state index contributed by atoms with van der Waals surface area (Å²) in [6.45, 7) is 16.3. The molecule has 0 atom stereocenters. The maximum absolute atomic E-state index is 11.0. The second-order valence-electron chi connectivity index (χ2n) is 3.67. The SMILES string of the molecule is C=CC(=C)N(CCNC(=O)C=C)CCNC(=O)C=C. The van der Waals surface area contributed by atoms with Crippen LogP contribution in [0.25, 0.3) is 0 Å². The first-order valence-corrected chi connectivity index (χ1v) is 5.92. The maximum atomic E-state index is 11.0. The van der Waals surface area contributed by atoms with Crippen molar-refractivity contribution >= 4 is 11.8 Å². The van der Waals surface area contributed by atoms with Crippen LogP contribution in [-0.2, 0) is 9.59 Å². The van der Waals surface area contributed by atoms with Gasteiger partial charge in [-0.3, -0.25) is 9.59 Å². The summed E-state index contributed by atoms with van der Waals surface area (Å²) in [5.41, 5.74) is 0.737. The highest BCUT2D eigenvalue weighted by Gasteiger charge is 2.05. The quantitative estimate of drug-likeness (QED) is 0.448. The van der Waals surface area contributed by atoms with Crippen LogP contribution in [0.2, 0.25) is 0 Å². The van der Waals surface area contributed by atoms with Crippen LogP contribution in [0, 0.1) is 0 Å². The molecule has 0 fully saturated rings. The average molecular weight is 263 g/mol. The highest BCUT2D eigenvalue weighted by Crippen LogP contribution is 2.00. The zero-order chi connectivity index (χ0) is 14.7. The van der Waals surface area contributed by atoms with E-state index in [4.69, 9.17) is 0 Å². The number of allylic oxidation sites excluding steroid dienone is 1. The van der Waals surface area contributed by atoms with E-state index in [1.165, 1.54) is 12.2 Å². The first-order valence-electron chi connectivity index (χ1n) is 5.92. The van der Waals surface area contributed by atoms with E-state index in [1.54, 1.807) is 6.08 Å². The Kier molecular flexibility index (Phi) is 8.53. The monoisotopic (exact) mass is 263 g/mol. The molecule has 0 spiro atoms. The van der Waals surface area contributed by atoms with Crippen LogP contribution in [-0.4, -0.2) is 42.9 Å². The van der Waals surface area contributed by atoms with E-state index < -0.39 is 0 Å². The van der Waals surface area contributed by atoms with Crippen molar-refractivity contribution < 1.29 is 9.59 Å². The third kappa shape index (κ3) is 7.59. The fraction of sp³-hybridized carbons (Fsp3) is 0.286. The molecule has 104 valence electrons. The van der Waals surface area contributed by atoms with Crippen molar-refractivity contribution in [2.24, 2.45) is 0 Å². The minimum Gasteiger partial charge on any atom is -0.368 e. The van der Waals surface area contributed by atoms with Crippen LogP contribution >= 0.6 is 0 Å². The lowest BCUT2D eigenvalue weighted by atomic mass is 10.3. The summed E-state index contributed by atoms with van der Waals surface area (Å²) < 4.78 is 0. The fourth-order valence-corrected chi connectivity index (χ4v) is 1.30. The number of nitrogens with one attached hydrogen (secondary N) is 2. The van der Waals surface area contributed by atoms with E-state index in [1.807, 2.05) is 4.90 Å². The van der Waals surface area contributed by atoms with Crippen molar-refractivity contribution in [2.45, 2.75) is 0 Å². The molecular formula is C14H21N3O2. The molecule has 0 aliphatic heterocycles. The van der Waals surface area contributed by atoms with Crippen molar-refractivity contribution in [1.82, 2.24) is 15.5 Å². The van der Waals surface area contributed by atoms with Crippen molar-refractivity contribution in [3.05, 3.63) is 50.2 Å². The van der Waals surface area contributed by atoms with Crippen molar-refractivity contribution in [1.29, 1.82) is 0 Å². The second kappa shape index (κ2) is 9.70. The molecule has 0 saturated carbocycles. The highest BCUT2D eigenvalue weighted by molar-refractivity contribution is 5.87. The Morgan fingerprint density at radius 2 is 1.32 bits per heavy atom. The smallest absolute Gasteiger partial charge is 0.243 e. The molecule has 0 aromatic carbocycles. The number of hydrogen-bond acceptors (Lipinski definition) is 3. The first-order chi connectivity index (χ1) is 9.04. The second-order valence-corrected chi connectivity index (χ2v) is 3.67. The summed E-state index contributed by atoms with van der Waals surface area (Å²) in [7, 11) is 0. The molecule has 5 heteroatoms. The molecule has 0 aliphatic rings. The van der Waals surface area contributed by atoms with Gasteiger partial charge in [0, 0.05) is 31.9 Å². The summed E-state index contributed by atoms with van der Waals surface area (Å²) >= 11 is 0. The summed E-state index contributed by atoms with van der Waals surface area (Å²) in [6, 6.07) is 0. The molecule has 5 nitrogen and oxygen atoms in total.